The highest BCUT2D eigenvalue weighted by molar-refractivity contribution is 5.98. The molecule has 5 heteroatoms. The largest absolute Gasteiger partial charge is 0.311 e. The second kappa shape index (κ2) is 5.51. The first kappa shape index (κ1) is 13.1. The van der Waals surface area contributed by atoms with Gasteiger partial charge in [-0.25, -0.2) is 0 Å². The van der Waals surface area contributed by atoms with Gasteiger partial charge in [-0.15, -0.1) is 0 Å². The summed E-state index contributed by atoms with van der Waals surface area (Å²) in [7, 11) is 1.77. The lowest BCUT2D eigenvalue weighted by molar-refractivity contribution is -0.121. The zero-order valence-electron chi connectivity index (χ0n) is 10.7. The standard InChI is InChI=1S/C14H14N4O/c1-17-13-3-2-6-18(14(13)19)12-5-4-10(8-15)11(7-12)9-16/h4-5,7,13,17H,2-3,6H2,1H3. The monoisotopic (exact) mass is 254 g/mol. The number of nitriles is 2. The van der Waals surface area contributed by atoms with E-state index in [1.165, 1.54) is 0 Å². The molecular formula is C14H14N4O. The number of rotatable bonds is 2. The van der Waals surface area contributed by atoms with E-state index in [4.69, 9.17) is 10.5 Å². The summed E-state index contributed by atoms with van der Waals surface area (Å²) < 4.78 is 0. The van der Waals surface area contributed by atoms with Gasteiger partial charge >= 0.3 is 0 Å². The highest BCUT2D eigenvalue weighted by Crippen LogP contribution is 2.23. The van der Waals surface area contributed by atoms with Crippen LogP contribution in [0.2, 0.25) is 0 Å². The zero-order valence-corrected chi connectivity index (χ0v) is 10.7. The molecule has 0 aromatic heterocycles. The van der Waals surface area contributed by atoms with Crippen molar-refractivity contribution < 1.29 is 4.79 Å². The van der Waals surface area contributed by atoms with E-state index in [2.05, 4.69) is 5.32 Å². The van der Waals surface area contributed by atoms with Gasteiger partial charge in [-0.1, -0.05) is 0 Å². The fourth-order valence-corrected chi connectivity index (χ4v) is 2.29. The molecule has 0 radical (unpaired) electrons. The van der Waals surface area contributed by atoms with E-state index in [1.54, 1.807) is 30.1 Å². The summed E-state index contributed by atoms with van der Waals surface area (Å²) in [6, 6.07) is 8.70. The van der Waals surface area contributed by atoms with Crippen molar-refractivity contribution in [2.45, 2.75) is 18.9 Å². The average Bonchev–Trinajstić information content (AvgIpc) is 2.46. The fraction of sp³-hybridized carbons (Fsp3) is 0.357. The second-order valence-electron chi connectivity index (χ2n) is 4.43. The summed E-state index contributed by atoms with van der Waals surface area (Å²) in [6.07, 6.45) is 1.74. The van der Waals surface area contributed by atoms with Crippen molar-refractivity contribution in [3.05, 3.63) is 29.3 Å². The molecule has 1 atom stereocenters. The lowest BCUT2D eigenvalue weighted by Gasteiger charge is -2.32. The Morgan fingerprint density at radius 2 is 2.05 bits per heavy atom. The molecule has 2 rings (SSSR count). The van der Waals surface area contributed by atoms with Crippen LogP contribution in [-0.4, -0.2) is 25.5 Å². The summed E-state index contributed by atoms with van der Waals surface area (Å²) >= 11 is 0. The predicted molar refractivity (Wildman–Crippen MR) is 70.3 cm³/mol. The van der Waals surface area contributed by atoms with Gasteiger partial charge in [0, 0.05) is 12.2 Å². The maximum absolute atomic E-state index is 12.2. The first-order valence-electron chi connectivity index (χ1n) is 6.14. The number of piperidine rings is 1. The van der Waals surface area contributed by atoms with Crippen molar-refractivity contribution in [2.24, 2.45) is 0 Å². The molecule has 1 saturated heterocycles. The Labute approximate surface area is 112 Å². The van der Waals surface area contributed by atoms with Crippen molar-refractivity contribution in [3.8, 4) is 12.1 Å². The van der Waals surface area contributed by atoms with E-state index in [-0.39, 0.29) is 11.9 Å². The van der Waals surface area contributed by atoms with Crippen molar-refractivity contribution in [1.29, 1.82) is 10.5 Å². The highest BCUT2D eigenvalue weighted by Gasteiger charge is 2.28. The van der Waals surface area contributed by atoms with Crippen LogP contribution in [0.25, 0.3) is 0 Å². The summed E-state index contributed by atoms with van der Waals surface area (Å²) in [5.74, 6) is 0.0161. The molecule has 0 saturated carbocycles. The highest BCUT2D eigenvalue weighted by atomic mass is 16.2. The molecule has 1 aliphatic rings. The summed E-state index contributed by atoms with van der Waals surface area (Å²) in [5, 5.41) is 20.9. The quantitative estimate of drug-likeness (QED) is 0.858. The van der Waals surface area contributed by atoms with Gasteiger partial charge in [0.15, 0.2) is 0 Å². The molecule has 5 nitrogen and oxygen atoms in total. The molecule has 1 aliphatic heterocycles. The zero-order chi connectivity index (χ0) is 13.8. The first-order chi connectivity index (χ1) is 9.21. The Hall–Kier alpha value is -2.37. The molecule has 19 heavy (non-hydrogen) atoms. The van der Waals surface area contributed by atoms with E-state index < -0.39 is 0 Å². The molecule has 96 valence electrons. The van der Waals surface area contributed by atoms with E-state index >= 15 is 0 Å². The number of amides is 1. The molecule has 0 aliphatic carbocycles. The average molecular weight is 254 g/mol. The normalized spacial score (nSPS) is 18.8. The van der Waals surface area contributed by atoms with E-state index in [1.807, 2.05) is 12.1 Å². The number of anilines is 1. The molecule has 1 aromatic rings. The van der Waals surface area contributed by atoms with Gasteiger partial charge in [0.1, 0.15) is 12.1 Å². The Morgan fingerprint density at radius 3 is 2.68 bits per heavy atom. The lowest BCUT2D eigenvalue weighted by atomic mass is 10.0. The minimum atomic E-state index is -0.171. The summed E-state index contributed by atoms with van der Waals surface area (Å²) in [6.45, 7) is 0.647. The van der Waals surface area contributed by atoms with Gasteiger partial charge in [-0.05, 0) is 38.1 Å². The van der Waals surface area contributed by atoms with E-state index in [0.717, 1.165) is 12.8 Å². The van der Waals surface area contributed by atoms with Crippen LogP contribution in [0, 0.1) is 22.7 Å². The van der Waals surface area contributed by atoms with Crippen molar-refractivity contribution in [3.63, 3.8) is 0 Å². The number of carbonyl (C=O) groups is 1. The van der Waals surface area contributed by atoms with Gasteiger partial charge in [-0.3, -0.25) is 4.79 Å². The number of hydrogen-bond acceptors (Lipinski definition) is 4. The molecule has 0 spiro atoms. The van der Waals surface area contributed by atoms with Crippen LogP contribution in [0.3, 0.4) is 0 Å². The first-order valence-corrected chi connectivity index (χ1v) is 6.14. The van der Waals surface area contributed by atoms with Crippen LogP contribution < -0.4 is 10.2 Å². The molecule has 1 N–H and O–H groups in total. The van der Waals surface area contributed by atoms with E-state index in [0.29, 0.717) is 23.4 Å². The lowest BCUT2D eigenvalue weighted by Crippen LogP contribution is -2.49. The Balaban J connectivity index is 2.35. The topological polar surface area (TPSA) is 79.9 Å². The maximum Gasteiger partial charge on any atom is 0.244 e. The number of carbonyl (C=O) groups excluding carboxylic acids is 1. The van der Waals surface area contributed by atoms with E-state index in [9.17, 15) is 4.79 Å². The molecule has 0 bridgehead atoms. The number of benzene rings is 1. The predicted octanol–water partition coefficient (Wildman–Crippen LogP) is 1.14. The van der Waals surface area contributed by atoms with Crippen LogP contribution in [-0.2, 0) is 4.79 Å². The molecule has 1 aromatic carbocycles. The van der Waals surface area contributed by atoms with Crippen molar-refractivity contribution >= 4 is 11.6 Å². The van der Waals surface area contributed by atoms with Crippen molar-refractivity contribution in [2.75, 3.05) is 18.5 Å². The molecule has 1 fully saturated rings. The van der Waals surface area contributed by atoms with Crippen LogP contribution in [0.5, 0.6) is 0 Å². The van der Waals surface area contributed by atoms with Gasteiger partial charge < -0.3 is 10.2 Å². The minimum absolute atomic E-state index is 0.0161. The number of likely N-dealkylation sites (N-methyl/N-ethyl adjacent to an activating group) is 1. The third-order valence-corrected chi connectivity index (χ3v) is 3.34. The minimum Gasteiger partial charge on any atom is -0.311 e. The molecule has 1 unspecified atom stereocenters. The summed E-state index contributed by atoms with van der Waals surface area (Å²) in [5.41, 5.74) is 1.32. The van der Waals surface area contributed by atoms with Gasteiger partial charge in [0.25, 0.3) is 0 Å². The Kier molecular flexibility index (Phi) is 3.79. The Morgan fingerprint density at radius 1 is 1.32 bits per heavy atom. The number of nitrogens with one attached hydrogen (secondary N) is 1. The fourth-order valence-electron chi connectivity index (χ4n) is 2.29. The SMILES string of the molecule is CNC1CCCN(c2ccc(C#N)c(C#N)c2)C1=O. The van der Waals surface area contributed by atoms with Crippen LogP contribution in [0.15, 0.2) is 18.2 Å². The van der Waals surface area contributed by atoms with Gasteiger partial charge in [0.05, 0.1) is 17.2 Å². The third-order valence-electron chi connectivity index (χ3n) is 3.34. The molecule has 1 heterocycles. The smallest absolute Gasteiger partial charge is 0.244 e. The van der Waals surface area contributed by atoms with Crippen LogP contribution in [0.1, 0.15) is 24.0 Å². The molecular weight excluding hydrogens is 240 g/mol. The number of hydrogen-bond donors (Lipinski definition) is 1. The van der Waals surface area contributed by atoms with Crippen molar-refractivity contribution in [1.82, 2.24) is 5.32 Å². The van der Waals surface area contributed by atoms with Gasteiger partial charge in [0.2, 0.25) is 5.91 Å². The third kappa shape index (κ3) is 2.42. The van der Waals surface area contributed by atoms with Crippen LogP contribution >= 0.6 is 0 Å². The maximum atomic E-state index is 12.2. The Bertz CT molecular complexity index is 582. The molecule has 1 amide bonds. The van der Waals surface area contributed by atoms with Gasteiger partial charge in [-0.2, -0.15) is 10.5 Å². The van der Waals surface area contributed by atoms with Crippen LogP contribution in [0.4, 0.5) is 5.69 Å². The number of nitrogens with zero attached hydrogens (tertiary/aromatic N) is 3. The summed E-state index contributed by atoms with van der Waals surface area (Å²) in [4.78, 5) is 13.9. The second-order valence-corrected chi connectivity index (χ2v) is 4.43.